The first-order chi connectivity index (χ1) is 9.06. The predicted molar refractivity (Wildman–Crippen MR) is 78.5 cm³/mol. The molecular weight excluding hydrogens is 304 g/mol. The van der Waals surface area contributed by atoms with Gasteiger partial charge in [-0.2, -0.15) is 0 Å². The van der Waals surface area contributed by atoms with Crippen LogP contribution < -0.4 is 5.73 Å². The molecule has 106 valence electrons. The van der Waals surface area contributed by atoms with Crippen molar-refractivity contribution in [2.75, 3.05) is 24.6 Å². The number of amides is 2. The second-order valence-electron chi connectivity index (χ2n) is 3.44. The molecule has 9 heteroatoms. The van der Waals surface area contributed by atoms with E-state index in [2.05, 4.69) is 10.2 Å². The van der Waals surface area contributed by atoms with Gasteiger partial charge in [0.1, 0.15) is 0 Å². The monoisotopic (exact) mass is 320 g/mol. The molecular formula is C10H16N4O2S3. The van der Waals surface area contributed by atoms with E-state index in [-0.39, 0.29) is 17.6 Å². The maximum atomic E-state index is 11.8. The molecule has 2 amide bonds. The number of rotatable bonds is 8. The summed E-state index contributed by atoms with van der Waals surface area (Å²) >= 11 is 4.00. The van der Waals surface area contributed by atoms with Crippen molar-refractivity contribution >= 4 is 46.7 Å². The fourth-order valence-corrected chi connectivity index (χ4v) is 3.90. The van der Waals surface area contributed by atoms with E-state index in [4.69, 9.17) is 5.73 Å². The van der Waals surface area contributed by atoms with Crippen LogP contribution in [0.4, 0.5) is 0 Å². The summed E-state index contributed by atoms with van der Waals surface area (Å²) < 4.78 is 1.42. The van der Waals surface area contributed by atoms with Gasteiger partial charge in [-0.1, -0.05) is 34.9 Å². The van der Waals surface area contributed by atoms with Crippen molar-refractivity contribution in [1.29, 1.82) is 0 Å². The molecule has 0 aliphatic heterocycles. The molecule has 0 saturated carbocycles. The van der Waals surface area contributed by atoms with E-state index in [1.165, 1.54) is 34.9 Å². The Morgan fingerprint density at radius 1 is 1.16 bits per heavy atom. The number of carbonyl (C=O) groups excluding carboxylic acids is 2. The largest absolute Gasteiger partial charge is 0.369 e. The third-order valence-corrected chi connectivity index (χ3v) is 5.36. The summed E-state index contributed by atoms with van der Waals surface area (Å²) in [5.41, 5.74) is 5.05. The molecule has 0 aliphatic rings. The molecule has 1 heterocycles. The molecule has 0 spiro atoms. The molecule has 1 aromatic rings. The fraction of sp³-hybridized carbons (Fsp3) is 0.600. The van der Waals surface area contributed by atoms with Crippen molar-refractivity contribution in [3.8, 4) is 0 Å². The third-order valence-electron chi connectivity index (χ3n) is 2.16. The highest BCUT2D eigenvalue weighted by Crippen LogP contribution is 2.28. The van der Waals surface area contributed by atoms with Crippen LogP contribution in [0.3, 0.4) is 0 Å². The van der Waals surface area contributed by atoms with E-state index in [0.29, 0.717) is 23.2 Å². The van der Waals surface area contributed by atoms with E-state index in [9.17, 15) is 9.59 Å². The number of primary amides is 1. The normalized spacial score (nSPS) is 10.4. The molecule has 0 radical (unpaired) electrons. The third kappa shape index (κ3) is 5.79. The molecule has 0 saturated heterocycles. The first kappa shape index (κ1) is 16.3. The van der Waals surface area contributed by atoms with E-state index in [1.807, 2.05) is 13.8 Å². The molecule has 0 atom stereocenters. The lowest BCUT2D eigenvalue weighted by molar-refractivity contribution is -0.128. The topological polar surface area (TPSA) is 89.2 Å². The highest BCUT2D eigenvalue weighted by atomic mass is 32.2. The van der Waals surface area contributed by atoms with Crippen molar-refractivity contribution in [2.45, 2.75) is 22.5 Å². The van der Waals surface area contributed by atoms with Crippen molar-refractivity contribution in [1.82, 2.24) is 15.1 Å². The average Bonchev–Trinajstić information content (AvgIpc) is 2.83. The Morgan fingerprint density at radius 3 is 2.16 bits per heavy atom. The predicted octanol–water partition coefficient (Wildman–Crippen LogP) is 1.08. The zero-order valence-corrected chi connectivity index (χ0v) is 13.2. The Morgan fingerprint density at radius 2 is 1.68 bits per heavy atom. The molecule has 0 aliphatic carbocycles. The minimum absolute atomic E-state index is 0.0940. The van der Waals surface area contributed by atoms with Crippen LogP contribution in [0.15, 0.2) is 8.68 Å². The summed E-state index contributed by atoms with van der Waals surface area (Å²) in [4.78, 5) is 24.2. The number of thioether (sulfide) groups is 2. The number of nitrogens with zero attached hydrogens (tertiary/aromatic N) is 3. The zero-order valence-electron chi connectivity index (χ0n) is 10.8. The van der Waals surface area contributed by atoms with Crippen LogP contribution in [-0.2, 0) is 9.59 Å². The van der Waals surface area contributed by atoms with Gasteiger partial charge in [0.05, 0.1) is 11.5 Å². The van der Waals surface area contributed by atoms with Gasteiger partial charge in [-0.25, -0.2) is 0 Å². The Bertz CT molecular complexity index is 434. The summed E-state index contributed by atoms with van der Waals surface area (Å²) in [5.74, 6) is 0.261. The maximum Gasteiger partial charge on any atom is 0.233 e. The molecule has 2 N–H and O–H groups in total. The lowest BCUT2D eigenvalue weighted by Gasteiger charge is -2.17. The SMILES string of the molecule is CCN(CC)C(=O)CSc1nnc(SCC(N)=O)s1. The molecule has 0 fully saturated rings. The van der Waals surface area contributed by atoms with Gasteiger partial charge in [-0.15, -0.1) is 10.2 Å². The average molecular weight is 320 g/mol. The van der Waals surface area contributed by atoms with Crippen molar-refractivity contribution < 1.29 is 9.59 Å². The number of nitrogens with two attached hydrogens (primary N) is 1. The lowest BCUT2D eigenvalue weighted by atomic mass is 10.5. The van der Waals surface area contributed by atoms with Gasteiger partial charge >= 0.3 is 0 Å². The van der Waals surface area contributed by atoms with Gasteiger partial charge in [0, 0.05) is 13.1 Å². The van der Waals surface area contributed by atoms with Crippen LogP contribution in [0.5, 0.6) is 0 Å². The minimum Gasteiger partial charge on any atom is -0.369 e. The minimum atomic E-state index is -0.383. The lowest BCUT2D eigenvalue weighted by Crippen LogP contribution is -2.31. The molecule has 1 rings (SSSR count). The van der Waals surface area contributed by atoms with Crippen LogP contribution in [0.2, 0.25) is 0 Å². The van der Waals surface area contributed by atoms with Crippen LogP contribution in [0.25, 0.3) is 0 Å². The molecule has 19 heavy (non-hydrogen) atoms. The van der Waals surface area contributed by atoms with Crippen molar-refractivity contribution in [3.05, 3.63) is 0 Å². The number of carbonyl (C=O) groups is 2. The van der Waals surface area contributed by atoms with Crippen LogP contribution in [0.1, 0.15) is 13.8 Å². The van der Waals surface area contributed by atoms with Crippen molar-refractivity contribution in [3.63, 3.8) is 0 Å². The van der Waals surface area contributed by atoms with Crippen LogP contribution in [0, 0.1) is 0 Å². The van der Waals surface area contributed by atoms with Gasteiger partial charge in [0.25, 0.3) is 0 Å². The number of hydrogen-bond donors (Lipinski definition) is 1. The van der Waals surface area contributed by atoms with Crippen LogP contribution >= 0.6 is 34.9 Å². The maximum absolute atomic E-state index is 11.8. The standard InChI is InChI=1S/C10H16N4O2S3/c1-3-14(4-2)8(16)6-18-10-13-12-9(19-10)17-5-7(11)15/h3-6H2,1-2H3,(H2,11,15). The highest BCUT2D eigenvalue weighted by Gasteiger charge is 2.12. The zero-order chi connectivity index (χ0) is 14.3. The van der Waals surface area contributed by atoms with Gasteiger partial charge in [0.15, 0.2) is 8.68 Å². The summed E-state index contributed by atoms with van der Waals surface area (Å²) in [6.45, 7) is 5.34. The Balaban J connectivity index is 2.41. The number of hydrogen-bond acceptors (Lipinski definition) is 7. The molecule has 1 aromatic heterocycles. The van der Waals surface area contributed by atoms with Crippen LogP contribution in [-0.4, -0.2) is 51.5 Å². The second kappa shape index (κ2) is 8.39. The van der Waals surface area contributed by atoms with E-state index in [0.717, 1.165) is 4.34 Å². The summed E-state index contributed by atoms with van der Waals surface area (Å²) in [6, 6.07) is 0. The molecule has 0 aromatic carbocycles. The Kier molecular flexibility index (Phi) is 7.17. The summed E-state index contributed by atoms with van der Waals surface area (Å²) in [6.07, 6.45) is 0. The van der Waals surface area contributed by atoms with E-state index >= 15 is 0 Å². The van der Waals surface area contributed by atoms with Gasteiger partial charge < -0.3 is 10.6 Å². The first-order valence-corrected chi connectivity index (χ1v) is 8.50. The van der Waals surface area contributed by atoms with Crippen molar-refractivity contribution in [2.24, 2.45) is 5.73 Å². The molecule has 6 nitrogen and oxygen atoms in total. The number of aromatic nitrogens is 2. The van der Waals surface area contributed by atoms with E-state index < -0.39 is 0 Å². The highest BCUT2D eigenvalue weighted by molar-refractivity contribution is 8.03. The van der Waals surface area contributed by atoms with Gasteiger partial charge in [-0.05, 0) is 13.8 Å². The van der Waals surface area contributed by atoms with Gasteiger partial charge in [0.2, 0.25) is 11.8 Å². The van der Waals surface area contributed by atoms with Gasteiger partial charge in [-0.3, -0.25) is 9.59 Å². The van der Waals surface area contributed by atoms with E-state index in [1.54, 1.807) is 4.90 Å². The summed E-state index contributed by atoms with van der Waals surface area (Å²) in [7, 11) is 0. The smallest absolute Gasteiger partial charge is 0.233 e. The Labute approximate surface area is 124 Å². The molecule has 0 unspecified atom stereocenters. The summed E-state index contributed by atoms with van der Waals surface area (Å²) in [5, 5.41) is 7.89. The first-order valence-electron chi connectivity index (χ1n) is 5.72. The molecule has 0 bridgehead atoms. The second-order valence-corrected chi connectivity index (χ2v) is 6.87. The fourth-order valence-electron chi connectivity index (χ4n) is 1.24. The quantitative estimate of drug-likeness (QED) is 0.721. The Hall–Kier alpha value is -0.800.